The van der Waals surface area contributed by atoms with Crippen LogP contribution in [0.4, 0.5) is 0 Å². The van der Waals surface area contributed by atoms with Gasteiger partial charge in [-0.25, -0.2) is 0 Å². The molecule has 0 saturated heterocycles. The molecule has 2 aromatic rings. The SMILES string of the molecule is CC(C)(C)Oc1ccccc1C=Cc1ccccc1. The Morgan fingerprint density at radius 3 is 2.11 bits per heavy atom. The van der Waals surface area contributed by atoms with Crippen LogP contribution in [0.25, 0.3) is 12.2 Å². The van der Waals surface area contributed by atoms with Gasteiger partial charge in [-0.1, -0.05) is 60.7 Å². The van der Waals surface area contributed by atoms with E-state index >= 15 is 0 Å². The molecule has 0 N–H and O–H groups in total. The molecule has 0 amide bonds. The van der Waals surface area contributed by atoms with Crippen molar-refractivity contribution in [2.24, 2.45) is 0 Å². The van der Waals surface area contributed by atoms with Crippen molar-refractivity contribution in [1.29, 1.82) is 0 Å². The number of rotatable bonds is 3. The summed E-state index contributed by atoms with van der Waals surface area (Å²) in [6.07, 6.45) is 4.20. The molecular weight excluding hydrogens is 232 g/mol. The minimum absolute atomic E-state index is 0.184. The average Bonchev–Trinajstić information content (AvgIpc) is 2.37. The number of ether oxygens (including phenoxy) is 1. The smallest absolute Gasteiger partial charge is 0.127 e. The highest BCUT2D eigenvalue weighted by molar-refractivity contribution is 5.72. The van der Waals surface area contributed by atoms with E-state index in [-0.39, 0.29) is 5.60 Å². The quantitative estimate of drug-likeness (QED) is 0.696. The van der Waals surface area contributed by atoms with Gasteiger partial charge in [0, 0.05) is 5.56 Å². The zero-order valence-corrected chi connectivity index (χ0v) is 11.8. The lowest BCUT2D eigenvalue weighted by Crippen LogP contribution is -2.23. The Hall–Kier alpha value is -2.02. The standard InChI is InChI=1S/C18H20O/c1-18(2,3)19-17-12-8-7-11-16(17)14-13-15-9-5-4-6-10-15/h4-14H,1-3H3. The van der Waals surface area contributed by atoms with Gasteiger partial charge in [0.1, 0.15) is 11.4 Å². The summed E-state index contributed by atoms with van der Waals surface area (Å²) < 4.78 is 5.97. The van der Waals surface area contributed by atoms with E-state index in [0.29, 0.717) is 0 Å². The zero-order valence-electron chi connectivity index (χ0n) is 11.8. The van der Waals surface area contributed by atoms with Crippen LogP contribution in [-0.2, 0) is 0 Å². The van der Waals surface area contributed by atoms with Gasteiger partial charge in [0.05, 0.1) is 0 Å². The molecule has 2 rings (SSSR count). The van der Waals surface area contributed by atoms with Gasteiger partial charge >= 0.3 is 0 Å². The summed E-state index contributed by atoms with van der Waals surface area (Å²) in [6, 6.07) is 18.4. The normalized spacial score (nSPS) is 11.7. The minimum Gasteiger partial charge on any atom is -0.488 e. The summed E-state index contributed by atoms with van der Waals surface area (Å²) in [6.45, 7) is 6.18. The number of benzene rings is 2. The van der Waals surface area contributed by atoms with E-state index in [4.69, 9.17) is 4.74 Å². The highest BCUT2D eigenvalue weighted by Crippen LogP contribution is 2.24. The highest BCUT2D eigenvalue weighted by atomic mass is 16.5. The Labute approximate surface area is 115 Å². The van der Waals surface area contributed by atoms with Crippen molar-refractivity contribution in [3.63, 3.8) is 0 Å². The van der Waals surface area contributed by atoms with Gasteiger partial charge < -0.3 is 4.74 Å². The number of hydrogen-bond acceptors (Lipinski definition) is 1. The monoisotopic (exact) mass is 252 g/mol. The zero-order chi connectivity index (χ0) is 13.7. The molecule has 19 heavy (non-hydrogen) atoms. The van der Waals surface area contributed by atoms with Crippen LogP contribution < -0.4 is 4.74 Å². The van der Waals surface area contributed by atoms with E-state index in [0.717, 1.165) is 11.3 Å². The van der Waals surface area contributed by atoms with Crippen LogP contribution in [0.5, 0.6) is 5.75 Å². The lowest BCUT2D eigenvalue weighted by atomic mass is 10.1. The van der Waals surface area contributed by atoms with E-state index in [1.807, 2.05) is 36.4 Å². The lowest BCUT2D eigenvalue weighted by Gasteiger charge is -2.22. The van der Waals surface area contributed by atoms with Crippen molar-refractivity contribution in [3.05, 3.63) is 65.7 Å². The molecule has 0 aliphatic rings. The molecule has 1 heteroatoms. The van der Waals surface area contributed by atoms with Gasteiger partial charge in [-0.3, -0.25) is 0 Å². The molecule has 0 heterocycles. The van der Waals surface area contributed by atoms with Crippen molar-refractivity contribution in [3.8, 4) is 5.75 Å². The third-order valence-electron chi connectivity index (χ3n) is 2.59. The minimum atomic E-state index is -0.184. The van der Waals surface area contributed by atoms with Gasteiger partial charge in [0.2, 0.25) is 0 Å². The summed E-state index contributed by atoms with van der Waals surface area (Å²) in [5.74, 6) is 0.919. The highest BCUT2D eigenvalue weighted by Gasteiger charge is 2.13. The van der Waals surface area contributed by atoms with Crippen molar-refractivity contribution in [1.82, 2.24) is 0 Å². The topological polar surface area (TPSA) is 9.23 Å². The molecule has 0 saturated carbocycles. The molecule has 0 atom stereocenters. The fraction of sp³-hybridized carbons (Fsp3) is 0.222. The summed E-state index contributed by atoms with van der Waals surface area (Å²) in [4.78, 5) is 0. The van der Waals surface area contributed by atoms with Crippen molar-refractivity contribution in [2.45, 2.75) is 26.4 Å². The average molecular weight is 252 g/mol. The van der Waals surface area contributed by atoms with Crippen LogP contribution in [0.1, 0.15) is 31.9 Å². The van der Waals surface area contributed by atoms with E-state index in [1.165, 1.54) is 5.56 Å². The molecule has 0 radical (unpaired) electrons. The molecular formula is C18H20O. The first-order valence-electron chi connectivity index (χ1n) is 6.56. The first-order chi connectivity index (χ1) is 9.04. The Bertz CT molecular complexity index is 547. The maximum absolute atomic E-state index is 5.97. The van der Waals surface area contributed by atoms with Gasteiger partial charge in [-0.05, 0) is 32.4 Å². The third kappa shape index (κ3) is 4.29. The lowest BCUT2D eigenvalue weighted by molar-refractivity contribution is 0.130. The summed E-state index contributed by atoms with van der Waals surface area (Å²) in [5.41, 5.74) is 2.10. The van der Waals surface area contributed by atoms with Gasteiger partial charge in [-0.2, -0.15) is 0 Å². The van der Waals surface area contributed by atoms with Crippen LogP contribution in [-0.4, -0.2) is 5.60 Å². The molecule has 98 valence electrons. The predicted molar refractivity (Wildman–Crippen MR) is 82.2 cm³/mol. The second-order valence-corrected chi connectivity index (χ2v) is 5.50. The first-order valence-corrected chi connectivity index (χ1v) is 6.56. The predicted octanol–water partition coefficient (Wildman–Crippen LogP) is 5.03. The van der Waals surface area contributed by atoms with Crippen LogP contribution in [0.3, 0.4) is 0 Å². The summed E-state index contributed by atoms with van der Waals surface area (Å²) in [5, 5.41) is 0. The molecule has 0 spiro atoms. The van der Waals surface area contributed by atoms with E-state index in [1.54, 1.807) is 0 Å². The number of hydrogen-bond donors (Lipinski definition) is 0. The second-order valence-electron chi connectivity index (χ2n) is 5.50. The summed E-state index contributed by atoms with van der Waals surface area (Å²) >= 11 is 0. The molecule has 0 aliphatic carbocycles. The second kappa shape index (κ2) is 5.75. The number of para-hydroxylation sites is 1. The van der Waals surface area contributed by atoms with Crippen LogP contribution in [0.15, 0.2) is 54.6 Å². The Kier molecular flexibility index (Phi) is 4.06. The van der Waals surface area contributed by atoms with Crippen molar-refractivity contribution < 1.29 is 4.74 Å². The van der Waals surface area contributed by atoms with Crippen LogP contribution in [0.2, 0.25) is 0 Å². The van der Waals surface area contributed by atoms with Crippen molar-refractivity contribution in [2.75, 3.05) is 0 Å². The Balaban J connectivity index is 2.23. The van der Waals surface area contributed by atoms with Gasteiger partial charge in [0.25, 0.3) is 0 Å². The Morgan fingerprint density at radius 2 is 1.42 bits per heavy atom. The van der Waals surface area contributed by atoms with Crippen LogP contribution >= 0.6 is 0 Å². The summed E-state index contributed by atoms with van der Waals surface area (Å²) in [7, 11) is 0. The van der Waals surface area contributed by atoms with Gasteiger partial charge in [0.15, 0.2) is 0 Å². The maximum Gasteiger partial charge on any atom is 0.127 e. The maximum atomic E-state index is 5.97. The third-order valence-corrected chi connectivity index (χ3v) is 2.59. The molecule has 2 aromatic carbocycles. The fourth-order valence-corrected chi connectivity index (χ4v) is 1.79. The van der Waals surface area contributed by atoms with Gasteiger partial charge in [-0.15, -0.1) is 0 Å². The molecule has 0 fully saturated rings. The van der Waals surface area contributed by atoms with Crippen molar-refractivity contribution >= 4 is 12.2 Å². The molecule has 0 aliphatic heterocycles. The molecule has 0 unspecified atom stereocenters. The first kappa shape index (κ1) is 13.4. The largest absolute Gasteiger partial charge is 0.488 e. The van der Waals surface area contributed by atoms with Crippen LogP contribution in [0, 0.1) is 0 Å². The Morgan fingerprint density at radius 1 is 0.789 bits per heavy atom. The molecule has 0 bridgehead atoms. The van der Waals surface area contributed by atoms with E-state index in [9.17, 15) is 0 Å². The van der Waals surface area contributed by atoms with E-state index in [2.05, 4.69) is 51.1 Å². The van der Waals surface area contributed by atoms with E-state index < -0.39 is 0 Å². The molecule has 1 nitrogen and oxygen atoms in total. The molecule has 0 aromatic heterocycles. The fourth-order valence-electron chi connectivity index (χ4n) is 1.79.